The van der Waals surface area contributed by atoms with E-state index in [2.05, 4.69) is 22.5 Å². The number of thiazole rings is 1. The molecule has 34 heavy (non-hydrogen) atoms. The van der Waals surface area contributed by atoms with E-state index in [-0.39, 0.29) is 17.6 Å². The molecule has 0 aliphatic heterocycles. The van der Waals surface area contributed by atoms with Crippen LogP contribution in [0.2, 0.25) is 0 Å². The Kier molecular flexibility index (Phi) is 8.17. The van der Waals surface area contributed by atoms with E-state index in [9.17, 15) is 9.59 Å². The van der Waals surface area contributed by atoms with Gasteiger partial charge in [0.05, 0.1) is 22.6 Å². The summed E-state index contributed by atoms with van der Waals surface area (Å²) in [5.74, 6) is 0.803. The number of hydrogen-bond acceptors (Lipinski definition) is 6. The maximum absolute atomic E-state index is 12.4. The smallest absolute Gasteiger partial charge is 0.255 e. The monoisotopic (exact) mass is 491 g/mol. The van der Waals surface area contributed by atoms with Gasteiger partial charge in [0.25, 0.3) is 5.91 Å². The Bertz CT molecular complexity index is 1260. The molecule has 0 saturated carbocycles. The second-order valence-corrected chi connectivity index (χ2v) is 9.80. The molecule has 0 radical (unpaired) electrons. The van der Waals surface area contributed by atoms with Crippen molar-refractivity contribution in [2.75, 3.05) is 23.0 Å². The van der Waals surface area contributed by atoms with Gasteiger partial charge < -0.3 is 15.4 Å². The predicted octanol–water partition coefficient (Wildman–Crippen LogP) is 6.46. The zero-order valence-electron chi connectivity index (χ0n) is 18.7. The highest BCUT2D eigenvalue weighted by Crippen LogP contribution is 2.31. The van der Waals surface area contributed by atoms with E-state index in [1.807, 2.05) is 60.7 Å². The molecular formula is C26H25N3O3S2. The van der Waals surface area contributed by atoms with Crippen molar-refractivity contribution in [3.63, 3.8) is 0 Å². The fraction of sp³-hybridized carbons (Fsp3) is 0.192. The zero-order chi connectivity index (χ0) is 23.8. The number of aromatic nitrogens is 1. The molecule has 2 amide bonds. The normalized spacial score (nSPS) is 10.7. The number of rotatable bonds is 10. The number of nitrogens with one attached hydrogen (secondary N) is 2. The largest absolute Gasteiger partial charge is 0.494 e. The van der Waals surface area contributed by atoms with Gasteiger partial charge in [-0.05, 0) is 61.0 Å². The molecule has 0 fully saturated rings. The summed E-state index contributed by atoms with van der Waals surface area (Å²) >= 11 is 2.89. The minimum atomic E-state index is -0.156. The van der Waals surface area contributed by atoms with Crippen LogP contribution in [0.15, 0.2) is 77.1 Å². The van der Waals surface area contributed by atoms with Gasteiger partial charge >= 0.3 is 0 Å². The number of fused-ring (bicyclic) bond motifs is 1. The lowest BCUT2D eigenvalue weighted by Gasteiger charge is -2.07. The van der Waals surface area contributed by atoms with Crippen molar-refractivity contribution in [3.05, 3.63) is 78.4 Å². The summed E-state index contributed by atoms with van der Waals surface area (Å²) < 4.78 is 7.40. The van der Waals surface area contributed by atoms with Crippen molar-refractivity contribution in [1.82, 2.24) is 4.98 Å². The fourth-order valence-corrected chi connectivity index (χ4v) is 5.04. The fourth-order valence-electron chi connectivity index (χ4n) is 3.13. The van der Waals surface area contributed by atoms with Gasteiger partial charge in [-0.25, -0.2) is 4.98 Å². The van der Waals surface area contributed by atoms with Gasteiger partial charge in [-0.3, -0.25) is 9.59 Å². The molecule has 6 nitrogen and oxygen atoms in total. The van der Waals surface area contributed by atoms with E-state index in [0.29, 0.717) is 17.9 Å². The standard InChI is InChI=1S/C26H25N3O3S2/c1-2-3-15-32-21-12-9-19(10-13-21)27-24(30)17-33-26-29-22-14-11-20(16-23(22)34-26)28-25(31)18-7-5-4-6-8-18/h4-14,16H,2-3,15,17H2,1H3,(H,27,30)(H,28,31). The molecule has 0 unspecified atom stereocenters. The minimum Gasteiger partial charge on any atom is -0.494 e. The Labute approximate surface area is 206 Å². The number of unbranched alkanes of at least 4 members (excludes halogenated alkanes) is 1. The van der Waals surface area contributed by atoms with Crippen LogP contribution >= 0.6 is 23.1 Å². The van der Waals surface area contributed by atoms with Crippen LogP contribution in [0.5, 0.6) is 5.75 Å². The van der Waals surface area contributed by atoms with E-state index in [0.717, 1.165) is 38.8 Å². The Morgan fingerprint density at radius 2 is 1.74 bits per heavy atom. The first kappa shape index (κ1) is 23.8. The van der Waals surface area contributed by atoms with Crippen LogP contribution in [-0.2, 0) is 4.79 Å². The molecule has 0 saturated heterocycles. The molecule has 0 bridgehead atoms. The first-order valence-electron chi connectivity index (χ1n) is 11.0. The van der Waals surface area contributed by atoms with Crippen LogP contribution < -0.4 is 15.4 Å². The second kappa shape index (κ2) is 11.7. The molecule has 0 aliphatic carbocycles. The van der Waals surface area contributed by atoms with E-state index in [1.165, 1.54) is 23.1 Å². The van der Waals surface area contributed by atoms with Gasteiger partial charge in [0.2, 0.25) is 5.91 Å². The molecule has 1 aromatic heterocycles. The number of benzene rings is 3. The summed E-state index contributed by atoms with van der Waals surface area (Å²) in [6, 6.07) is 22.1. The summed E-state index contributed by atoms with van der Waals surface area (Å²) in [5.41, 5.74) is 2.88. The van der Waals surface area contributed by atoms with Gasteiger partial charge in [0, 0.05) is 16.9 Å². The van der Waals surface area contributed by atoms with Gasteiger partial charge in [-0.1, -0.05) is 43.3 Å². The van der Waals surface area contributed by atoms with Crippen molar-refractivity contribution in [3.8, 4) is 5.75 Å². The number of anilines is 2. The molecule has 0 atom stereocenters. The summed E-state index contributed by atoms with van der Waals surface area (Å²) in [4.78, 5) is 29.3. The average Bonchev–Trinajstić information content (AvgIpc) is 3.27. The highest BCUT2D eigenvalue weighted by atomic mass is 32.2. The third-order valence-corrected chi connectivity index (χ3v) is 7.06. The maximum Gasteiger partial charge on any atom is 0.255 e. The molecule has 3 aromatic carbocycles. The zero-order valence-corrected chi connectivity index (χ0v) is 20.4. The Morgan fingerprint density at radius 3 is 2.50 bits per heavy atom. The summed E-state index contributed by atoms with van der Waals surface area (Å²) in [6.45, 7) is 2.82. The summed E-state index contributed by atoms with van der Waals surface area (Å²) in [6.07, 6.45) is 2.11. The Morgan fingerprint density at radius 1 is 0.971 bits per heavy atom. The van der Waals surface area contributed by atoms with Crippen molar-refractivity contribution < 1.29 is 14.3 Å². The van der Waals surface area contributed by atoms with Crippen molar-refractivity contribution >= 4 is 56.5 Å². The lowest BCUT2D eigenvalue weighted by molar-refractivity contribution is -0.113. The molecule has 0 aliphatic rings. The molecule has 4 rings (SSSR count). The lowest BCUT2D eigenvalue weighted by atomic mass is 10.2. The highest BCUT2D eigenvalue weighted by molar-refractivity contribution is 8.01. The van der Waals surface area contributed by atoms with E-state index >= 15 is 0 Å². The summed E-state index contributed by atoms with van der Waals surface area (Å²) in [5, 5.41) is 5.82. The SMILES string of the molecule is CCCCOc1ccc(NC(=O)CSc2nc3ccc(NC(=O)c4ccccc4)cc3s2)cc1. The number of amides is 2. The van der Waals surface area contributed by atoms with E-state index in [4.69, 9.17) is 4.74 Å². The lowest BCUT2D eigenvalue weighted by Crippen LogP contribution is -2.13. The third kappa shape index (κ3) is 6.59. The van der Waals surface area contributed by atoms with Crippen molar-refractivity contribution in [1.29, 1.82) is 0 Å². The first-order valence-corrected chi connectivity index (χ1v) is 12.8. The molecule has 174 valence electrons. The summed E-state index contributed by atoms with van der Waals surface area (Å²) in [7, 11) is 0. The maximum atomic E-state index is 12.4. The molecule has 1 heterocycles. The van der Waals surface area contributed by atoms with Crippen LogP contribution in [0.25, 0.3) is 10.2 Å². The topological polar surface area (TPSA) is 80.3 Å². The average molecular weight is 492 g/mol. The highest BCUT2D eigenvalue weighted by Gasteiger charge is 2.11. The van der Waals surface area contributed by atoms with Gasteiger partial charge in [-0.2, -0.15) is 0 Å². The number of hydrogen-bond donors (Lipinski definition) is 2. The van der Waals surface area contributed by atoms with Crippen LogP contribution in [0.4, 0.5) is 11.4 Å². The van der Waals surface area contributed by atoms with Crippen LogP contribution in [0.3, 0.4) is 0 Å². The predicted molar refractivity (Wildman–Crippen MR) is 140 cm³/mol. The molecule has 0 spiro atoms. The first-order chi connectivity index (χ1) is 16.6. The number of carbonyl (C=O) groups is 2. The van der Waals surface area contributed by atoms with Crippen molar-refractivity contribution in [2.45, 2.75) is 24.1 Å². The molecule has 8 heteroatoms. The second-order valence-electron chi connectivity index (χ2n) is 7.55. The quantitative estimate of drug-likeness (QED) is 0.197. The van der Waals surface area contributed by atoms with E-state index in [1.54, 1.807) is 12.1 Å². The number of carbonyl (C=O) groups excluding carboxylic acids is 2. The Balaban J connectivity index is 1.30. The van der Waals surface area contributed by atoms with Crippen LogP contribution in [0, 0.1) is 0 Å². The van der Waals surface area contributed by atoms with Gasteiger partial charge in [0.1, 0.15) is 5.75 Å². The number of nitrogens with zero attached hydrogens (tertiary/aromatic N) is 1. The third-order valence-electron chi connectivity index (χ3n) is 4.89. The van der Waals surface area contributed by atoms with Crippen LogP contribution in [0.1, 0.15) is 30.1 Å². The van der Waals surface area contributed by atoms with Gasteiger partial charge in [0.15, 0.2) is 4.34 Å². The number of thioether (sulfide) groups is 1. The molecule has 4 aromatic rings. The van der Waals surface area contributed by atoms with Crippen molar-refractivity contribution in [2.24, 2.45) is 0 Å². The van der Waals surface area contributed by atoms with E-state index < -0.39 is 0 Å². The van der Waals surface area contributed by atoms with Crippen LogP contribution in [-0.4, -0.2) is 29.2 Å². The molecular weight excluding hydrogens is 466 g/mol. The Hall–Kier alpha value is -3.36. The molecule has 2 N–H and O–H groups in total. The number of ether oxygens (including phenoxy) is 1. The van der Waals surface area contributed by atoms with Gasteiger partial charge in [-0.15, -0.1) is 11.3 Å². The minimum absolute atomic E-state index is 0.0975.